The Morgan fingerprint density at radius 2 is 2.04 bits per heavy atom. The van der Waals surface area contributed by atoms with Crippen LogP contribution >= 0.6 is 23.6 Å². The van der Waals surface area contributed by atoms with Crippen LogP contribution < -0.4 is 10.3 Å². The third kappa shape index (κ3) is 3.76. The Hall–Kier alpha value is -1.92. The van der Waals surface area contributed by atoms with Gasteiger partial charge in [-0.05, 0) is 49.7 Å². The first-order valence-electron chi connectivity index (χ1n) is 8.12. The molecule has 0 amide bonds. The number of aryl methyl sites for hydroxylation is 1. The molecule has 6 heteroatoms. The molecule has 126 valence electrons. The Morgan fingerprint density at radius 1 is 1.25 bits per heavy atom. The van der Waals surface area contributed by atoms with Crippen molar-refractivity contribution in [3.63, 3.8) is 0 Å². The van der Waals surface area contributed by atoms with Gasteiger partial charge in [-0.15, -0.1) is 11.3 Å². The van der Waals surface area contributed by atoms with Crippen LogP contribution in [0.4, 0.5) is 0 Å². The molecule has 0 spiro atoms. The first-order chi connectivity index (χ1) is 11.7. The van der Waals surface area contributed by atoms with E-state index in [1.165, 1.54) is 4.88 Å². The zero-order chi connectivity index (χ0) is 16.9. The fourth-order valence-electron chi connectivity index (χ4n) is 2.55. The Balaban J connectivity index is 1.63. The molecule has 0 atom stereocenters. The molecule has 0 fully saturated rings. The Bertz CT molecular complexity index is 926. The number of hydrogen-bond acceptors (Lipinski definition) is 4. The van der Waals surface area contributed by atoms with Crippen molar-refractivity contribution >= 4 is 33.8 Å². The molecule has 0 aliphatic heterocycles. The summed E-state index contributed by atoms with van der Waals surface area (Å²) in [5, 5.41) is 0.742. The largest absolute Gasteiger partial charge is 0.494 e. The van der Waals surface area contributed by atoms with Crippen LogP contribution in [0.2, 0.25) is 0 Å². The molecule has 0 aliphatic carbocycles. The lowest BCUT2D eigenvalue weighted by Crippen LogP contribution is -2.21. The van der Waals surface area contributed by atoms with Gasteiger partial charge in [0.05, 0.1) is 12.0 Å². The van der Waals surface area contributed by atoms with E-state index < -0.39 is 0 Å². The van der Waals surface area contributed by atoms with Crippen molar-refractivity contribution in [1.82, 2.24) is 9.55 Å². The molecule has 0 aliphatic rings. The van der Waals surface area contributed by atoms with Crippen LogP contribution in [-0.2, 0) is 13.0 Å². The third-order valence-corrected chi connectivity index (χ3v) is 5.38. The van der Waals surface area contributed by atoms with Gasteiger partial charge >= 0.3 is 0 Å². The fraction of sp³-hybridized carbons (Fsp3) is 0.333. The Labute approximate surface area is 149 Å². The number of nitrogens with one attached hydrogen (secondary N) is 1. The number of thiophene rings is 1. The highest BCUT2D eigenvalue weighted by molar-refractivity contribution is 7.71. The number of aromatic nitrogens is 2. The SMILES string of the molecule is CCc1cc2c(=O)n(CCCCOc3ccccc3)c(=S)[nH]c2s1. The summed E-state index contributed by atoms with van der Waals surface area (Å²) < 4.78 is 7.83. The molecule has 0 radical (unpaired) electrons. The van der Waals surface area contributed by atoms with Crippen LogP contribution in [0, 0.1) is 4.77 Å². The minimum Gasteiger partial charge on any atom is -0.494 e. The second kappa shape index (κ2) is 7.77. The summed E-state index contributed by atoms with van der Waals surface area (Å²) in [6.45, 7) is 3.33. The number of fused-ring (bicyclic) bond motifs is 1. The number of aromatic amines is 1. The Morgan fingerprint density at radius 3 is 2.79 bits per heavy atom. The molecular weight excluding hydrogens is 340 g/mol. The van der Waals surface area contributed by atoms with E-state index in [2.05, 4.69) is 11.9 Å². The van der Waals surface area contributed by atoms with E-state index in [1.54, 1.807) is 15.9 Å². The molecule has 0 bridgehead atoms. The maximum Gasteiger partial charge on any atom is 0.263 e. The molecule has 3 aromatic rings. The molecule has 3 rings (SSSR count). The van der Waals surface area contributed by atoms with Gasteiger partial charge in [0.2, 0.25) is 0 Å². The minimum absolute atomic E-state index is 0.00803. The molecule has 4 nitrogen and oxygen atoms in total. The number of benzene rings is 1. The van der Waals surface area contributed by atoms with Crippen molar-refractivity contribution in [2.24, 2.45) is 0 Å². The number of H-pyrrole nitrogens is 1. The predicted molar refractivity (Wildman–Crippen MR) is 102 cm³/mol. The van der Waals surface area contributed by atoms with E-state index in [0.29, 0.717) is 17.9 Å². The van der Waals surface area contributed by atoms with Crippen LogP contribution in [0.1, 0.15) is 24.6 Å². The van der Waals surface area contributed by atoms with E-state index in [-0.39, 0.29) is 5.56 Å². The molecule has 2 aromatic heterocycles. The number of rotatable bonds is 7. The summed E-state index contributed by atoms with van der Waals surface area (Å²) in [4.78, 5) is 17.9. The monoisotopic (exact) mass is 360 g/mol. The van der Waals surface area contributed by atoms with Gasteiger partial charge in [0.1, 0.15) is 10.6 Å². The smallest absolute Gasteiger partial charge is 0.263 e. The lowest BCUT2D eigenvalue weighted by molar-refractivity contribution is 0.302. The summed E-state index contributed by atoms with van der Waals surface area (Å²) in [5.74, 6) is 0.874. The number of para-hydroxylation sites is 1. The highest BCUT2D eigenvalue weighted by Crippen LogP contribution is 2.21. The molecule has 24 heavy (non-hydrogen) atoms. The van der Waals surface area contributed by atoms with Gasteiger partial charge in [0.25, 0.3) is 5.56 Å². The quantitative estimate of drug-likeness (QED) is 0.497. The predicted octanol–water partition coefficient (Wildman–Crippen LogP) is 4.54. The topological polar surface area (TPSA) is 47.0 Å². The number of hydrogen-bond donors (Lipinski definition) is 1. The molecule has 0 saturated carbocycles. The van der Waals surface area contributed by atoms with Crippen LogP contribution in [-0.4, -0.2) is 16.2 Å². The van der Waals surface area contributed by atoms with Crippen LogP contribution in [0.3, 0.4) is 0 Å². The summed E-state index contributed by atoms with van der Waals surface area (Å²) in [7, 11) is 0. The number of nitrogens with zero attached hydrogens (tertiary/aromatic N) is 1. The lowest BCUT2D eigenvalue weighted by Gasteiger charge is -2.08. The maximum absolute atomic E-state index is 12.6. The van der Waals surface area contributed by atoms with E-state index in [9.17, 15) is 4.79 Å². The summed E-state index contributed by atoms with van der Waals surface area (Å²) in [6.07, 6.45) is 2.65. The third-order valence-electron chi connectivity index (χ3n) is 3.86. The van der Waals surface area contributed by atoms with Gasteiger partial charge in [-0.25, -0.2) is 0 Å². The average molecular weight is 361 g/mol. The first kappa shape index (κ1) is 16.9. The summed E-state index contributed by atoms with van der Waals surface area (Å²) in [5.41, 5.74) is 0.00803. The van der Waals surface area contributed by atoms with Gasteiger partial charge < -0.3 is 9.72 Å². The van der Waals surface area contributed by atoms with Crippen molar-refractivity contribution in [2.45, 2.75) is 32.7 Å². The molecule has 1 aromatic carbocycles. The van der Waals surface area contributed by atoms with Crippen molar-refractivity contribution in [3.8, 4) is 5.75 Å². The maximum atomic E-state index is 12.6. The zero-order valence-electron chi connectivity index (χ0n) is 13.6. The fourth-order valence-corrected chi connectivity index (χ4v) is 3.88. The highest BCUT2D eigenvalue weighted by atomic mass is 32.1. The zero-order valence-corrected chi connectivity index (χ0v) is 15.2. The number of ether oxygens (including phenoxy) is 1. The molecule has 0 saturated heterocycles. The minimum atomic E-state index is 0.00803. The first-order valence-corrected chi connectivity index (χ1v) is 9.35. The highest BCUT2D eigenvalue weighted by Gasteiger charge is 2.09. The normalized spacial score (nSPS) is 11.0. The second-order valence-electron chi connectivity index (χ2n) is 5.56. The second-order valence-corrected chi connectivity index (χ2v) is 7.09. The van der Waals surface area contributed by atoms with Gasteiger partial charge in [-0.2, -0.15) is 0 Å². The molecule has 1 N–H and O–H groups in total. The molecule has 2 heterocycles. The van der Waals surface area contributed by atoms with Gasteiger partial charge in [0, 0.05) is 11.4 Å². The van der Waals surface area contributed by atoms with Gasteiger partial charge in [-0.1, -0.05) is 25.1 Å². The van der Waals surface area contributed by atoms with Gasteiger partial charge in [-0.3, -0.25) is 9.36 Å². The Kier molecular flexibility index (Phi) is 5.48. The molecule has 0 unspecified atom stereocenters. The van der Waals surface area contributed by atoms with Gasteiger partial charge in [0.15, 0.2) is 4.77 Å². The van der Waals surface area contributed by atoms with Crippen LogP contribution in [0.25, 0.3) is 10.2 Å². The van der Waals surface area contributed by atoms with E-state index >= 15 is 0 Å². The van der Waals surface area contributed by atoms with Crippen molar-refractivity contribution in [2.75, 3.05) is 6.61 Å². The van der Waals surface area contributed by atoms with Crippen molar-refractivity contribution in [3.05, 3.63) is 56.4 Å². The van der Waals surface area contributed by atoms with E-state index in [0.717, 1.165) is 35.2 Å². The van der Waals surface area contributed by atoms with E-state index in [4.69, 9.17) is 17.0 Å². The van der Waals surface area contributed by atoms with Crippen molar-refractivity contribution < 1.29 is 4.74 Å². The lowest BCUT2D eigenvalue weighted by atomic mass is 10.3. The van der Waals surface area contributed by atoms with Crippen LogP contribution in [0.5, 0.6) is 5.75 Å². The standard InChI is InChI=1S/C18H20N2O2S2/c1-2-14-12-15-16(24-14)19-18(23)20(17(15)21)10-6-7-11-22-13-8-4-3-5-9-13/h3-5,8-9,12H,2,6-7,10-11H2,1H3,(H,19,23). The average Bonchev–Trinajstić information content (AvgIpc) is 3.01. The van der Waals surface area contributed by atoms with E-state index in [1.807, 2.05) is 36.4 Å². The van der Waals surface area contributed by atoms with Crippen LogP contribution in [0.15, 0.2) is 41.2 Å². The van der Waals surface area contributed by atoms with Crippen molar-refractivity contribution in [1.29, 1.82) is 0 Å². The summed E-state index contributed by atoms with van der Waals surface area (Å²) >= 11 is 6.96. The number of unbranched alkanes of at least 4 members (excludes halogenated alkanes) is 1. The molecular formula is C18H20N2O2S2. The summed E-state index contributed by atoms with van der Waals surface area (Å²) in [6, 6.07) is 11.7.